The topological polar surface area (TPSA) is 79.4 Å². The Kier molecular flexibility index (Phi) is 3.90. The van der Waals surface area contributed by atoms with Gasteiger partial charge in [-0.05, 0) is 31.2 Å². The summed E-state index contributed by atoms with van der Waals surface area (Å²) >= 11 is 0. The van der Waals surface area contributed by atoms with Gasteiger partial charge >= 0.3 is 0 Å². The molecule has 8 heteroatoms. The van der Waals surface area contributed by atoms with Crippen LogP contribution in [0.5, 0.6) is 11.5 Å². The summed E-state index contributed by atoms with van der Waals surface area (Å²) in [5.74, 6) is 1.89. The van der Waals surface area contributed by atoms with Crippen LogP contribution in [0.15, 0.2) is 55.0 Å². The lowest BCUT2D eigenvalue weighted by atomic mass is 10.2. The zero-order valence-electron chi connectivity index (χ0n) is 16.2. The lowest BCUT2D eigenvalue weighted by Gasteiger charge is -2.07. The maximum absolute atomic E-state index is 5.50. The van der Waals surface area contributed by atoms with Gasteiger partial charge in [0.2, 0.25) is 0 Å². The number of ether oxygens (including phenoxy) is 2. The minimum Gasteiger partial charge on any atom is -0.497 e. The van der Waals surface area contributed by atoms with Gasteiger partial charge in [0.15, 0.2) is 17.1 Å². The molecule has 0 atom stereocenters. The van der Waals surface area contributed by atoms with Crippen LogP contribution >= 0.6 is 0 Å². The van der Waals surface area contributed by atoms with E-state index in [4.69, 9.17) is 14.5 Å². The number of fused-ring (bicyclic) bond motifs is 3. The summed E-state index contributed by atoms with van der Waals surface area (Å²) in [5.41, 5.74) is 4.31. The number of aromatic nitrogens is 6. The second-order valence-electron chi connectivity index (χ2n) is 6.64. The Hall–Kier alpha value is -3.94. The van der Waals surface area contributed by atoms with Gasteiger partial charge in [0.25, 0.3) is 0 Å². The number of hydrogen-bond acceptors (Lipinski definition) is 6. The third-order valence-electron chi connectivity index (χ3n) is 4.83. The fraction of sp³-hybridized carbons (Fsp3) is 0.143. The first-order chi connectivity index (χ1) is 14.2. The standard InChI is InChI=1S/C21H18N6O2/c1-13-4-6-14(7-5-13)27-20-17(11-23-27)21-24-19(25-26(21)12-22-20)16-9-8-15(28-2)10-18(16)29-3/h4-12H,1-3H3. The van der Waals surface area contributed by atoms with E-state index >= 15 is 0 Å². The summed E-state index contributed by atoms with van der Waals surface area (Å²) in [6.45, 7) is 2.05. The quantitative estimate of drug-likeness (QED) is 0.471. The van der Waals surface area contributed by atoms with Gasteiger partial charge in [-0.15, -0.1) is 5.10 Å². The van der Waals surface area contributed by atoms with E-state index in [0.717, 1.165) is 22.3 Å². The molecule has 144 valence electrons. The van der Waals surface area contributed by atoms with Crippen molar-refractivity contribution in [1.29, 1.82) is 0 Å². The largest absolute Gasteiger partial charge is 0.497 e. The van der Waals surface area contributed by atoms with Crippen LogP contribution in [0, 0.1) is 6.92 Å². The van der Waals surface area contributed by atoms with Crippen LogP contribution in [0.1, 0.15) is 5.56 Å². The zero-order chi connectivity index (χ0) is 20.0. The predicted octanol–water partition coefficient (Wildman–Crippen LogP) is 3.46. The van der Waals surface area contributed by atoms with Crippen LogP contribution in [0.4, 0.5) is 0 Å². The van der Waals surface area contributed by atoms with E-state index in [1.54, 1.807) is 35.9 Å². The molecular formula is C21H18N6O2. The van der Waals surface area contributed by atoms with Crippen LogP contribution in [0.25, 0.3) is 33.8 Å². The van der Waals surface area contributed by atoms with E-state index in [2.05, 4.69) is 22.1 Å². The molecule has 0 saturated heterocycles. The third kappa shape index (κ3) is 2.77. The van der Waals surface area contributed by atoms with Gasteiger partial charge in [-0.1, -0.05) is 17.7 Å². The summed E-state index contributed by atoms with van der Waals surface area (Å²) in [6.07, 6.45) is 3.41. The van der Waals surface area contributed by atoms with Gasteiger partial charge in [0.1, 0.15) is 17.8 Å². The Morgan fingerprint density at radius 3 is 2.52 bits per heavy atom. The van der Waals surface area contributed by atoms with Crippen molar-refractivity contribution >= 4 is 16.7 Å². The van der Waals surface area contributed by atoms with E-state index in [1.807, 2.05) is 42.5 Å². The van der Waals surface area contributed by atoms with Crippen molar-refractivity contribution < 1.29 is 9.47 Å². The van der Waals surface area contributed by atoms with Gasteiger partial charge in [-0.25, -0.2) is 19.2 Å². The molecule has 3 heterocycles. The molecule has 0 aliphatic carbocycles. The third-order valence-corrected chi connectivity index (χ3v) is 4.83. The lowest BCUT2D eigenvalue weighted by Crippen LogP contribution is -1.99. The fourth-order valence-corrected chi connectivity index (χ4v) is 3.29. The number of benzene rings is 2. The van der Waals surface area contributed by atoms with E-state index in [1.165, 1.54) is 5.56 Å². The highest BCUT2D eigenvalue weighted by molar-refractivity contribution is 5.90. The van der Waals surface area contributed by atoms with E-state index in [0.29, 0.717) is 23.0 Å². The van der Waals surface area contributed by atoms with Gasteiger partial charge in [-0.2, -0.15) is 5.10 Å². The molecule has 29 heavy (non-hydrogen) atoms. The monoisotopic (exact) mass is 386 g/mol. The Labute approximate surface area is 166 Å². The van der Waals surface area contributed by atoms with Gasteiger partial charge in [0, 0.05) is 6.07 Å². The summed E-state index contributed by atoms with van der Waals surface area (Å²) in [6, 6.07) is 13.7. The first-order valence-corrected chi connectivity index (χ1v) is 9.06. The summed E-state index contributed by atoms with van der Waals surface area (Å²) < 4.78 is 14.2. The zero-order valence-corrected chi connectivity index (χ0v) is 16.2. The molecule has 2 aromatic carbocycles. The van der Waals surface area contributed by atoms with E-state index in [-0.39, 0.29) is 0 Å². The Morgan fingerprint density at radius 2 is 1.76 bits per heavy atom. The number of rotatable bonds is 4. The highest BCUT2D eigenvalue weighted by Gasteiger charge is 2.17. The van der Waals surface area contributed by atoms with E-state index in [9.17, 15) is 0 Å². The molecule has 0 aliphatic rings. The van der Waals surface area contributed by atoms with Crippen LogP contribution < -0.4 is 9.47 Å². The van der Waals surface area contributed by atoms with Crippen molar-refractivity contribution in [2.75, 3.05) is 14.2 Å². The number of methoxy groups -OCH3 is 2. The van der Waals surface area contributed by atoms with Crippen molar-refractivity contribution in [3.05, 3.63) is 60.6 Å². The number of hydrogen-bond donors (Lipinski definition) is 0. The predicted molar refractivity (Wildman–Crippen MR) is 109 cm³/mol. The Balaban J connectivity index is 1.66. The maximum Gasteiger partial charge on any atom is 0.185 e. The molecule has 8 nitrogen and oxygen atoms in total. The molecule has 0 N–H and O–H groups in total. The molecule has 5 aromatic rings. The van der Waals surface area contributed by atoms with Crippen LogP contribution in [0.2, 0.25) is 0 Å². The Morgan fingerprint density at radius 1 is 0.931 bits per heavy atom. The second kappa shape index (κ2) is 6.59. The fourth-order valence-electron chi connectivity index (χ4n) is 3.29. The lowest BCUT2D eigenvalue weighted by molar-refractivity contribution is 0.395. The molecule has 0 unspecified atom stereocenters. The first-order valence-electron chi connectivity index (χ1n) is 9.06. The average Bonchev–Trinajstić information content (AvgIpc) is 3.37. The molecule has 0 saturated carbocycles. The van der Waals surface area contributed by atoms with Crippen molar-refractivity contribution in [2.24, 2.45) is 0 Å². The SMILES string of the molecule is COc1ccc(-c2nc3c4cnn(-c5ccc(C)cc5)c4ncn3n2)c(OC)c1. The number of nitrogens with zero attached hydrogens (tertiary/aromatic N) is 6. The average molecular weight is 386 g/mol. The van der Waals surface area contributed by atoms with Crippen LogP contribution in [-0.2, 0) is 0 Å². The molecule has 0 radical (unpaired) electrons. The smallest absolute Gasteiger partial charge is 0.185 e. The highest BCUT2D eigenvalue weighted by Crippen LogP contribution is 2.32. The molecule has 0 bridgehead atoms. The number of aryl methyl sites for hydroxylation is 1. The van der Waals surface area contributed by atoms with Crippen molar-refractivity contribution in [1.82, 2.24) is 29.4 Å². The molecule has 0 spiro atoms. The van der Waals surface area contributed by atoms with Crippen molar-refractivity contribution in [2.45, 2.75) is 6.92 Å². The maximum atomic E-state index is 5.50. The molecule has 5 rings (SSSR count). The summed E-state index contributed by atoms with van der Waals surface area (Å²) in [4.78, 5) is 9.29. The summed E-state index contributed by atoms with van der Waals surface area (Å²) in [5, 5.41) is 9.91. The minimum absolute atomic E-state index is 0.543. The molecule has 0 fully saturated rings. The van der Waals surface area contributed by atoms with Gasteiger partial charge in [-0.3, -0.25) is 0 Å². The Bertz CT molecular complexity index is 1340. The summed E-state index contributed by atoms with van der Waals surface area (Å²) in [7, 11) is 3.23. The van der Waals surface area contributed by atoms with Gasteiger partial charge in [0.05, 0.1) is 37.1 Å². The molecule has 0 amide bonds. The minimum atomic E-state index is 0.543. The first kappa shape index (κ1) is 17.2. The van der Waals surface area contributed by atoms with E-state index < -0.39 is 0 Å². The molecular weight excluding hydrogens is 368 g/mol. The molecule has 0 aliphatic heterocycles. The van der Waals surface area contributed by atoms with Crippen molar-refractivity contribution in [3.63, 3.8) is 0 Å². The highest BCUT2D eigenvalue weighted by atomic mass is 16.5. The van der Waals surface area contributed by atoms with Crippen LogP contribution in [0.3, 0.4) is 0 Å². The van der Waals surface area contributed by atoms with Crippen LogP contribution in [-0.4, -0.2) is 43.6 Å². The normalized spacial score (nSPS) is 11.3. The second-order valence-corrected chi connectivity index (χ2v) is 6.64. The molecule has 3 aromatic heterocycles. The van der Waals surface area contributed by atoms with Gasteiger partial charge < -0.3 is 9.47 Å². The van der Waals surface area contributed by atoms with Crippen molar-refractivity contribution in [3.8, 4) is 28.6 Å².